The van der Waals surface area contributed by atoms with Gasteiger partial charge in [0.1, 0.15) is 0 Å². The normalized spacial score (nSPS) is 23.0. The molecule has 1 aliphatic heterocycles. The Morgan fingerprint density at radius 2 is 2.18 bits per heavy atom. The molecular formula is C8H15N2O. The van der Waals surface area contributed by atoms with E-state index < -0.39 is 0 Å². The van der Waals surface area contributed by atoms with Gasteiger partial charge < -0.3 is 5.32 Å². The van der Waals surface area contributed by atoms with E-state index in [0.29, 0.717) is 0 Å². The molecule has 0 aromatic heterocycles. The SMILES string of the molecule is CCC([C]=O)N1CCNCC1. The minimum absolute atomic E-state index is 0.0251. The molecule has 0 aliphatic carbocycles. The molecule has 1 rings (SSSR count). The van der Waals surface area contributed by atoms with Crippen LogP contribution in [0, 0.1) is 0 Å². The van der Waals surface area contributed by atoms with Gasteiger partial charge in [0.25, 0.3) is 0 Å². The predicted octanol–water partition coefficient (Wildman–Crippen LogP) is -0.220. The molecular weight excluding hydrogens is 140 g/mol. The molecule has 1 atom stereocenters. The summed E-state index contributed by atoms with van der Waals surface area (Å²) < 4.78 is 0. The summed E-state index contributed by atoms with van der Waals surface area (Å²) in [5.74, 6) is 0. The molecule has 1 heterocycles. The van der Waals surface area contributed by atoms with Crippen LogP contribution < -0.4 is 5.32 Å². The second kappa shape index (κ2) is 4.46. The van der Waals surface area contributed by atoms with Gasteiger partial charge in [-0.15, -0.1) is 0 Å². The third-order valence-electron chi connectivity index (χ3n) is 2.12. The first-order valence-corrected chi connectivity index (χ1v) is 4.21. The van der Waals surface area contributed by atoms with Crippen LogP contribution in [0.3, 0.4) is 0 Å². The zero-order chi connectivity index (χ0) is 8.10. The van der Waals surface area contributed by atoms with Crippen molar-refractivity contribution in [2.75, 3.05) is 26.2 Å². The van der Waals surface area contributed by atoms with E-state index in [2.05, 4.69) is 16.5 Å². The summed E-state index contributed by atoms with van der Waals surface area (Å²) in [6.45, 7) is 5.98. The van der Waals surface area contributed by atoms with E-state index in [1.54, 1.807) is 0 Å². The van der Waals surface area contributed by atoms with Crippen LogP contribution in [0.5, 0.6) is 0 Å². The highest BCUT2D eigenvalue weighted by Gasteiger charge is 2.18. The number of piperazine rings is 1. The average Bonchev–Trinajstić information content (AvgIpc) is 2.09. The van der Waals surface area contributed by atoms with Crippen molar-refractivity contribution in [1.29, 1.82) is 0 Å². The number of carbonyl (C=O) groups excluding carboxylic acids is 1. The summed E-state index contributed by atoms with van der Waals surface area (Å²) in [6.07, 6.45) is 2.95. The lowest BCUT2D eigenvalue weighted by Crippen LogP contribution is -2.48. The maximum atomic E-state index is 10.4. The van der Waals surface area contributed by atoms with Gasteiger partial charge in [0.05, 0.1) is 6.04 Å². The van der Waals surface area contributed by atoms with Crippen LogP contribution in [0.15, 0.2) is 0 Å². The fourth-order valence-corrected chi connectivity index (χ4v) is 1.41. The number of nitrogens with zero attached hydrogens (tertiary/aromatic N) is 1. The first kappa shape index (κ1) is 8.68. The van der Waals surface area contributed by atoms with Crippen molar-refractivity contribution < 1.29 is 4.79 Å². The number of rotatable bonds is 3. The largest absolute Gasteiger partial charge is 0.314 e. The van der Waals surface area contributed by atoms with Crippen LogP contribution in [0.2, 0.25) is 0 Å². The minimum Gasteiger partial charge on any atom is -0.314 e. The Balaban J connectivity index is 2.35. The molecule has 1 unspecified atom stereocenters. The number of nitrogens with one attached hydrogen (secondary N) is 1. The minimum atomic E-state index is 0.0251. The van der Waals surface area contributed by atoms with Crippen LogP contribution >= 0.6 is 0 Å². The summed E-state index contributed by atoms with van der Waals surface area (Å²) >= 11 is 0. The highest BCUT2D eigenvalue weighted by molar-refractivity contribution is 5.58. The van der Waals surface area contributed by atoms with Crippen molar-refractivity contribution in [3.05, 3.63) is 0 Å². The Kier molecular flexibility index (Phi) is 3.52. The fourth-order valence-electron chi connectivity index (χ4n) is 1.41. The van der Waals surface area contributed by atoms with Crippen molar-refractivity contribution in [2.24, 2.45) is 0 Å². The van der Waals surface area contributed by atoms with Crippen LogP contribution in [0.1, 0.15) is 13.3 Å². The molecule has 0 aromatic carbocycles. The van der Waals surface area contributed by atoms with Crippen molar-refractivity contribution in [3.8, 4) is 0 Å². The van der Waals surface area contributed by atoms with Gasteiger partial charge in [-0.2, -0.15) is 0 Å². The van der Waals surface area contributed by atoms with E-state index in [1.165, 1.54) is 0 Å². The van der Waals surface area contributed by atoms with Crippen molar-refractivity contribution >= 4 is 6.29 Å². The Morgan fingerprint density at radius 3 is 2.64 bits per heavy atom. The van der Waals surface area contributed by atoms with Gasteiger partial charge in [0.2, 0.25) is 6.29 Å². The molecule has 0 spiro atoms. The Hall–Kier alpha value is -0.410. The molecule has 0 bridgehead atoms. The quantitative estimate of drug-likeness (QED) is 0.611. The topological polar surface area (TPSA) is 32.3 Å². The van der Waals surface area contributed by atoms with Crippen molar-refractivity contribution in [1.82, 2.24) is 10.2 Å². The fraction of sp³-hybridized carbons (Fsp3) is 0.875. The highest BCUT2D eigenvalue weighted by Crippen LogP contribution is 2.02. The standard InChI is InChI=1S/C8H15N2O/c1-2-8(7-11)10-5-3-9-4-6-10/h8-9H,2-6H2,1H3. The maximum absolute atomic E-state index is 10.4. The molecule has 0 saturated carbocycles. The Bertz CT molecular complexity index is 121. The van der Waals surface area contributed by atoms with Gasteiger partial charge in [-0.3, -0.25) is 9.69 Å². The molecule has 3 heteroatoms. The van der Waals surface area contributed by atoms with Crippen molar-refractivity contribution in [2.45, 2.75) is 19.4 Å². The average molecular weight is 155 g/mol. The Labute approximate surface area is 67.8 Å². The molecule has 1 fully saturated rings. The summed E-state index contributed by atoms with van der Waals surface area (Å²) in [5, 5.41) is 3.25. The first-order valence-electron chi connectivity index (χ1n) is 4.21. The molecule has 11 heavy (non-hydrogen) atoms. The molecule has 0 amide bonds. The van der Waals surface area contributed by atoms with E-state index in [0.717, 1.165) is 32.6 Å². The first-order chi connectivity index (χ1) is 5.38. The van der Waals surface area contributed by atoms with Gasteiger partial charge in [-0.1, -0.05) is 6.92 Å². The van der Waals surface area contributed by atoms with Gasteiger partial charge in [-0.05, 0) is 6.42 Å². The predicted molar refractivity (Wildman–Crippen MR) is 44.2 cm³/mol. The van der Waals surface area contributed by atoms with Gasteiger partial charge in [0, 0.05) is 26.2 Å². The smallest absolute Gasteiger partial charge is 0.217 e. The lowest BCUT2D eigenvalue weighted by molar-refractivity contribution is 0.205. The molecule has 1 aliphatic rings. The van der Waals surface area contributed by atoms with Crippen LogP contribution in [-0.4, -0.2) is 43.4 Å². The van der Waals surface area contributed by atoms with Crippen molar-refractivity contribution in [3.63, 3.8) is 0 Å². The molecule has 63 valence electrons. The summed E-state index contributed by atoms with van der Waals surface area (Å²) in [7, 11) is 0. The lowest BCUT2D eigenvalue weighted by Gasteiger charge is -2.30. The Morgan fingerprint density at radius 1 is 1.55 bits per heavy atom. The van der Waals surface area contributed by atoms with E-state index in [1.807, 2.05) is 6.92 Å². The van der Waals surface area contributed by atoms with E-state index in [4.69, 9.17) is 0 Å². The van der Waals surface area contributed by atoms with Crippen LogP contribution in [-0.2, 0) is 4.79 Å². The summed E-state index contributed by atoms with van der Waals surface area (Å²) in [5.41, 5.74) is 0. The molecule has 0 aromatic rings. The van der Waals surface area contributed by atoms with Crippen LogP contribution in [0.25, 0.3) is 0 Å². The summed E-state index contributed by atoms with van der Waals surface area (Å²) in [4.78, 5) is 12.6. The van der Waals surface area contributed by atoms with E-state index >= 15 is 0 Å². The summed E-state index contributed by atoms with van der Waals surface area (Å²) in [6, 6.07) is 0.0251. The number of hydrogen-bond donors (Lipinski definition) is 1. The molecule has 1 radical (unpaired) electrons. The second-order valence-corrected chi connectivity index (χ2v) is 2.83. The third kappa shape index (κ3) is 2.27. The monoisotopic (exact) mass is 155 g/mol. The molecule has 3 nitrogen and oxygen atoms in total. The second-order valence-electron chi connectivity index (χ2n) is 2.83. The van der Waals surface area contributed by atoms with Gasteiger partial charge in [-0.25, -0.2) is 0 Å². The molecule has 1 N–H and O–H groups in total. The van der Waals surface area contributed by atoms with E-state index in [9.17, 15) is 4.79 Å². The molecule has 1 saturated heterocycles. The zero-order valence-electron chi connectivity index (χ0n) is 6.97. The third-order valence-corrected chi connectivity index (χ3v) is 2.12. The number of hydrogen-bond acceptors (Lipinski definition) is 3. The van der Waals surface area contributed by atoms with Crippen LogP contribution in [0.4, 0.5) is 0 Å². The van der Waals surface area contributed by atoms with E-state index in [-0.39, 0.29) is 6.04 Å². The highest BCUT2D eigenvalue weighted by atomic mass is 16.1. The van der Waals surface area contributed by atoms with Gasteiger partial charge in [0.15, 0.2) is 0 Å². The maximum Gasteiger partial charge on any atom is 0.217 e. The zero-order valence-corrected chi connectivity index (χ0v) is 6.97. The van der Waals surface area contributed by atoms with Gasteiger partial charge >= 0.3 is 0 Å². The lowest BCUT2D eigenvalue weighted by atomic mass is 10.2.